The second-order valence-corrected chi connectivity index (χ2v) is 4.63. The molecular weight excluding hydrogens is 248 g/mol. The van der Waals surface area contributed by atoms with Gasteiger partial charge in [0.1, 0.15) is 5.84 Å². The molecule has 0 amide bonds. The standard InChI is InChI=1S/C13H15ClN4/c1-8-12(14)9(2)18(17-8)7-10-4-3-5-11(6-10)13(15)16/h3-6H,7H2,1-2H3,(H3,15,16). The van der Waals surface area contributed by atoms with Crippen molar-refractivity contribution in [2.75, 3.05) is 0 Å². The first-order valence-corrected chi connectivity index (χ1v) is 5.99. The number of nitrogens with two attached hydrogens (primary N) is 1. The smallest absolute Gasteiger partial charge is 0.122 e. The topological polar surface area (TPSA) is 67.7 Å². The van der Waals surface area contributed by atoms with Crippen LogP contribution in [0, 0.1) is 19.3 Å². The van der Waals surface area contributed by atoms with Crippen molar-refractivity contribution in [3.8, 4) is 0 Å². The lowest BCUT2D eigenvalue weighted by Gasteiger charge is -2.06. The molecule has 2 aromatic rings. The lowest BCUT2D eigenvalue weighted by atomic mass is 10.1. The number of nitrogen functional groups attached to an aromatic ring is 1. The van der Waals surface area contributed by atoms with Gasteiger partial charge in [0.25, 0.3) is 0 Å². The van der Waals surface area contributed by atoms with E-state index in [-0.39, 0.29) is 5.84 Å². The van der Waals surface area contributed by atoms with E-state index in [4.69, 9.17) is 22.7 Å². The highest BCUT2D eigenvalue weighted by Gasteiger charge is 2.09. The Labute approximate surface area is 111 Å². The van der Waals surface area contributed by atoms with E-state index in [2.05, 4.69) is 5.10 Å². The van der Waals surface area contributed by atoms with Gasteiger partial charge in [0.2, 0.25) is 0 Å². The first-order valence-electron chi connectivity index (χ1n) is 5.62. The molecule has 0 aliphatic carbocycles. The van der Waals surface area contributed by atoms with Crippen LogP contribution in [0.5, 0.6) is 0 Å². The maximum absolute atomic E-state index is 7.43. The van der Waals surface area contributed by atoms with E-state index in [1.54, 1.807) is 0 Å². The maximum Gasteiger partial charge on any atom is 0.122 e. The van der Waals surface area contributed by atoms with Gasteiger partial charge < -0.3 is 5.73 Å². The van der Waals surface area contributed by atoms with Crippen molar-refractivity contribution in [1.82, 2.24) is 9.78 Å². The van der Waals surface area contributed by atoms with Crippen molar-refractivity contribution in [2.24, 2.45) is 5.73 Å². The van der Waals surface area contributed by atoms with Crippen LogP contribution in [0.2, 0.25) is 5.02 Å². The molecule has 0 spiro atoms. The van der Waals surface area contributed by atoms with Crippen LogP contribution in [-0.4, -0.2) is 15.6 Å². The highest BCUT2D eigenvalue weighted by Crippen LogP contribution is 2.20. The van der Waals surface area contributed by atoms with E-state index >= 15 is 0 Å². The molecule has 1 heterocycles. The highest BCUT2D eigenvalue weighted by molar-refractivity contribution is 6.31. The molecule has 2 rings (SSSR count). The van der Waals surface area contributed by atoms with Crippen LogP contribution in [0.1, 0.15) is 22.5 Å². The normalized spacial score (nSPS) is 10.6. The lowest BCUT2D eigenvalue weighted by Crippen LogP contribution is -2.12. The van der Waals surface area contributed by atoms with Crippen molar-refractivity contribution in [3.63, 3.8) is 0 Å². The third kappa shape index (κ3) is 2.38. The predicted molar refractivity (Wildman–Crippen MR) is 73.3 cm³/mol. The number of rotatable bonds is 3. The minimum Gasteiger partial charge on any atom is -0.384 e. The Morgan fingerprint density at radius 1 is 1.44 bits per heavy atom. The van der Waals surface area contributed by atoms with Gasteiger partial charge in [-0.15, -0.1) is 0 Å². The van der Waals surface area contributed by atoms with E-state index in [1.165, 1.54) is 0 Å². The van der Waals surface area contributed by atoms with E-state index in [0.29, 0.717) is 11.6 Å². The van der Waals surface area contributed by atoms with Gasteiger partial charge in [-0.25, -0.2) is 0 Å². The minimum atomic E-state index is 0.0725. The second kappa shape index (κ2) is 4.82. The van der Waals surface area contributed by atoms with Crippen molar-refractivity contribution < 1.29 is 0 Å². The molecule has 0 unspecified atom stereocenters. The Hall–Kier alpha value is -1.81. The molecule has 0 saturated carbocycles. The zero-order chi connectivity index (χ0) is 13.3. The monoisotopic (exact) mass is 262 g/mol. The van der Waals surface area contributed by atoms with Gasteiger partial charge >= 0.3 is 0 Å². The zero-order valence-corrected chi connectivity index (χ0v) is 11.1. The Morgan fingerprint density at radius 2 is 2.17 bits per heavy atom. The Morgan fingerprint density at radius 3 is 2.72 bits per heavy atom. The summed E-state index contributed by atoms with van der Waals surface area (Å²) in [5, 5.41) is 12.5. The highest BCUT2D eigenvalue weighted by atomic mass is 35.5. The van der Waals surface area contributed by atoms with Gasteiger partial charge in [-0.3, -0.25) is 10.1 Å². The molecule has 0 aliphatic rings. The van der Waals surface area contributed by atoms with Gasteiger partial charge in [0, 0.05) is 5.56 Å². The molecule has 1 aromatic carbocycles. The van der Waals surface area contributed by atoms with Gasteiger partial charge in [0.15, 0.2) is 0 Å². The second-order valence-electron chi connectivity index (χ2n) is 4.26. The van der Waals surface area contributed by atoms with Crippen LogP contribution >= 0.6 is 11.6 Å². The van der Waals surface area contributed by atoms with Crippen molar-refractivity contribution in [2.45, 2.75) is 20.4 Å². The molecule has 0 saturated heterocycles. The fourth-order valence-corrected chi connectivity index (χ4v) is 1.97. The van der Waals surface area contributed by atoms with Crippen LogP contribution in [0.25, 0.3) is 0 Å². The number of nitrogens with zero attached hydrogens (tertiary/aromatic N) is 2. The van der Waals surface area contributed by atoms with Crippen molar-refractivity contribution >= 4 is 17.4 Å². The van der Waals surface area contributed by atoms with E-state index in [0.717, 1.165) is 22.5 Å². The summed E-state index contributed by atoms with van der Waals surface area (Å²) in [5.41, 5.74) is 9.02. The molecule has 0 aliphatic heterocycles. The molecule has 94 valence electrons. The molecule has 3 N–H and O–H groups in total. The molecule has 5 heteroatoms. The van der Waals surface area contributed by atoms with Crippen LogP contribution in [-0.2, 0) is 6.54 Å². The number of halogens is 1. The largest absolute Gasteiger partial charge is 0.384 e. The summed E-state index contributed by atoms with van der Waals surface area (Å²) in [6.45, 7) is 4.45. The quantitative estimate of drug-likeness (QED) is 0.659. The first-order chi connectivity index (χ1) is 8.49. The molecule has 1 aromatic heterocycles. The molecular formula is C13H15ClN4. The summed E-state index contributed by atoms with van der Waals surface area (Å²) in [4.78, 5) is 0. The summed E-state index contributed by atoms with van der Waals surface area (Å²) in [6.07, 6.45) is 0. The SMILES string of the molecule is Cc1nn(Cc2cccc(C(=N)N)c2)c(C)c1Cl. The van der Waals surface area contributed by atoms with Gasteiger partial charge in [-0.05, 0) is 25.5 Å². The molecule has 0 bridgehead atoms. The maximum atomic E-state index is 7.43. The summed E-state index contributed by atoms with van der Waals surface area (Å²) in [6, 6.07) is 7.59. The molecule has 0 radical (unpaired) electrons. The average molecular weight is 263 g/mol. The Balaban J connectivity index is 2.31. The van der Waals surface area contributed by atoms with E-state index < -0.39 is 0 Å². The number of aromatic nitrogens is 2. The Bertz CT molecular complexity index is 601. The lowest BCUT2D eigenvalue weighted by molar-refractivity contribution is 0.659. The van der Waals surface area contributed by atoms with Crippen LogP contribution < -0.4 is 5.73 Å². The zero-order valence-electron chi connectivity index (χ0n) is 10.4. The number of hydrogen-bond donors (Lipinski definition) is 2. The fraction of sp³-hybridized carbons (Fsp3) is 0.231. The number of amidine groups is 1. The van der Waals surface area contributed by atoms with Gasteiger partial charge in [-0.2, -0.15) is 5.10 Å². The van der Waals surface area contributed by atoms with Crippen molar-refractivity contribution in [3.05, 3.63) is 51.8 Å². The number of nitrogens with one attached hydrogen (secondary N) is 1. The molecule has 0 fully saturated rings. The first kappa shape index (κ1) is 12.6. The van der Waals surface area contributed by atoms with Gasteiger partial charge in [-0.1, -0.05) is 29.8 Å². The molecule has 0 atom stereocenters. The van der Waals surface area contributed by atoms with Crippen molar-refractivity contribution in [1.29, 1.82) is 5.41 Å². The summed E-state index contributed by atoms with van der Waals surface area (Å²) < 4.78 is 1.86. The number of aryl methyl sites for hydroxylation is 1. The number of hydrogen-bond acceptors (Lipinski definition) is 2. The predicted octanol–water partition coefficient (Wildman–Crippen LogP) is 2.49. The Kier molecular flexibility index (Phi) is 3.39. The minimum absolute atomic E-state index is 0.0725. The average Bonchev–Trinajstić information content (AvgIpc) is 2.57. The third-order valence-corrected chi connectivity index (χ3v) is 3.41. The molecule has 4 nitrogen and oxygen atoms in total. The summed E-state index contributed by atoms with van der Waals surface area (Å²) in [5.74, 6) is 0.0725. The summed E-state index contributed by atoms with van der Waals surface area (Å²) in [7, 11) is 0. The third-order valence-electron chi connectivity index (χ3n) is 2.86. The fourth-order valence-electron chi connectivity index (χ4n) is 1.84. The van der Waals surface area contributed by atoms with E-state index in [1.807, 2.05) is 42.8 Å². The van der Waals surface area contributed by atoms with E-state index in [9.17, 15) is 0 Å². The van der Waals surface area contributed by atoms with Gasteiger partial charge in [0.05, 0.1) is 23.0 Å². The van der Waals surface area contributed by atoms with Crippen LogP contribution in [0.3, 0.4) is 0 Å². The molecule has 18 heavy (non-hydrogen) atoms. The number of benzene rings is 1. The van der Waals surface area contributed by atoms with Crippen LogP contribution in [0.15, 0.2) is 24.3 Å². The summed E-state index contributed by atoms with van der Waals surface area (Å²) >= 11 is 6.11. The van der Waals surface area contributed by atoms with Crippen LogP contribution in [0.4, 0.5) is 0 Å².